The highest BCUT2D eigenvalue weighted by Gasteiger charge is 2.30. The van der Waals surface area contributed by atoms with Gasteiger partial charge >= 0.3 is 0 Å². The zero-order valence-corrected chi connectivity index (χ0v) is 12.9. The summed E-state index contributed by atoms with van der Waals surface area (Å²) in [4.78, 5) is 0. The largest absolute Gasteiger partial charge is 0.278 e. The molecule has 0 unspecified atom stereocenters. The molecule has 0 aliphatic carbocycles. The number of nitrogens with one attached hydrogen (secondary N) is 1. The van der Waals surface area contributed by atoms with Crippen LogP contribution in [0, 0.1) is 22.7 Å². The summed E-state index contributed by atoms with van der Waals surface area (Å²) in [6.45, 7) is 4.72. The fraction of sp³-hybridized carbons (Fsp3) is 0.357. The van der Waals surface area contributed by atoms with E-state index in [4.69, 9.17) is 10.5 Å². The first-order valence-corrected chi connectivity index (χ1v) is 7.80. The molecule has 0 radical (unpaired) electrons. The van der Waals surface area contributed by atoms with Gasteiger partial charge in [-0.3, -0.25) is 5.43 Å². The molecule has 1 N–H and O–H groups in total. The standard InChI is InChI=1S/C14H16N4O2S/c1-14(2,3)21(19,20)10-13(9-16)18-17-12-6-4-11(8-15)5-7-12/h4-7,17H,10H2,1-3H3/b18-13+. The van der Waals surface area contributed by atoms with Crippen LogP contribution < -0.4 is 5.43 Å². The molecule has 1 aromatic carbocycles. The zero-order valence-electron chi connectivity index (χ0n) is 12.1. The number of sulfone groups is 1. The molecule has 0 fully saturated rings. The number of nitriles is 2. The van der Waals surface area contributed by atoms with Gasteiger partial charge in [0, 0.05) is 0 Å². The Balaban J connectivity index is 2.87. The van der Waals surface area contributed by atoms with Crippen LogP contribution in [0.15, 0.2) is 29.4 Å². The topological polar surface area (TPSA) is 106 Å². The maximum atomic E-state index is 12.0. The molecule has 0 aliphatic heterocycles. The number of benzene rings is 1. The Morgan fingerprint density at radius 2 is 1.81 bits per heavy atom. The van der Waals surface area contributed by atoms with Crippen molar-refractivity contribution in [2.45, 2.75) is 25.5 Å². The van der Waals surface area contributed by atoms with Gasteiger partial charge in [0.05, 0.1) is 22.1 Å². The van der Waals surface area contributed by atoms with Crippen LogP contribution in [0.25, 0.3) is 0 Å². The quantitative estimate of drug-likeness (QED) is 0.677. The van der Waals surface area contributed by atoms with E-state index in [9.17, 15) is 8.42 Å². The molecule has 0 saturated heterocycles. The van der Waals surface area contributed by atoms with Crippen LogP contribution in [0.5, 0.6) is 0 Å². The number of hydrogen-bond donors (Lipinski definition) is 1. The van der Waals surface area contributed by atoms with Crippen molar-refractivity contribution in [1.82, 2.24) is 0 Å². The first-order chi connectivity index (χ1) is 9.69. The molecule has 6 nitrogen and oxygen atoms in total. The van der Waals surface area contributed by atoms with Gasteiger partial charge in [-0.05, 0) is 45.0 Å². The molecule has 1 rings (SSSR count). The molecule has 0 heterocycles. The van der Waals surface area contributed by atoms with Crippen LogP contribution in [0.2, 0.25) is 0 Å². The molecular formula is C14H16N4O2S. The molecular weight excluding hydrogens is 288 g/mol. The van der Waals surface area contributed by atoms with Gasteiger partial charge in [0.15, 0.2) is 15.5 Å². The van der Waals surface area contributed by atoms with E-state index < -0.39 is 20.3 Å². The van der Waals surface area contributed by atoms with Crippen molar-refractivity contribution < 1.29 is 8.42 Å². The third-order valence-corrected chi connectivity index (χ3v) is 5.24. The molecule has 21 heavy (non-hydrogen) atoms. The second-order valence-corrected chi connectivity index (χ2v) is 8.09. The fourth-order valence-electron chi connectivity index (χ4n) is 1.24. The van der Waals surface area contributed by atoms with Gasteiger partial charge in [0.25, 0.3) is 0 Å². The summed E-state index contributed by atoms with van der Waals surface area (Å²) in [5.74, 6) is -0.420. The van der Waals surface area contributed by atoms with Crippen molar-refractivity contribution >= 4 is 21.2 Å². The fourth-order valence-corrected chi connectivity index (χ4v) is 2.16. The SMILES string of the molecule is CC(C)(C)S(=O)(=O)C/C(C#N)=N/Nc1ccc(C#N)cc1. The smallest absolute Gasteiger partial charge is 0.161 e. The Morgan fingerprint density at radius 3 is 2.24 bits per heavy atom. The van der Waals surface area contributed by atoms with Gasteiger partial charge in [-0.2, -0.15) is 15.6 Å². The minimum absolute atomic E-state index is 0.116. The van der Waals surface area contributed by atoms with E-state index in [0.717, 1.165) is 0 Å². The van der Waals surface area contributed by atoms with Crippen LogP contribution in [0.4, 0.5) is 5.69 Å². The number of rotatable bonds is 4. The van der Waals surface area contributed by atoms with E-state index in [1.54, 1.807) is 51.1 Å². The normalized spacial score (nSPS) is 12.3. The van der Waals surface area contributed by atoms with E-state index in [-0.39, 0.29) is 5.71 Å². The molecule has 110 valence electrons. The third-order valence-electron chi connectivity index (χ3n) is 2.72. The number of nitrogens with zero attached hydrogens (tertiary/aromatic N) is 3. The van der Waals surface area contributed by atoms with Crippen molar-refractivity contribution in [3.05, 3.63) is 29.8 Å². The van der Waals surface area contributed by atoms with Gasteiger partial charge in [0.2, 0.25) is 0 Å². The Labute approximate surface area is 124 Å². The minimum Gasteiger partial charge on any atom is -0.278 e. The Kier molecular flexibility index (Phi) is 5.07. The monoisotopic (exact) mass is 304 g/mol. The Bertz CT molecular complexity index is 714. The van der Waals surface area contributed by atoms with E-state index in [2.05, 4.69) is 10.5 Å². The van der Waals surface area contributed by atoms with Gasteiger partial charge in [-0.1, -0.05) is 0 Å². The summed E-state index contributed by atoms with van der Waals surface area (Å²) in [6.07, 6.45) is 0. The Morgan fingerprint density at radius 1 is 1.24 bits per heavy atom. The minimum atomic E-state index is -3.46. The van der Waals surface area contributed by atoms with E-state index in [1.807, 2.05) is 6.07 Å². The van der Waals surface area contributed by atoms with Crippen LogP contribution in [-0.4, -0.2) is 24.6 Å². The van der Waals surface area contributed by atoms with Crippen LogP contribution in [-0.2, 0) is 9.84 Å². The molecule has 0 bridgehead atoms. The molecule has 0 aliphatic rings. The molecule has 0 saturated carbocycles. The highest BCUT2D eigenvalue weighted by Crippen LogP contribution is 2.16. The van der Waals surface area contributed by atoms with Crippen LogP contribution >= 0.6 is 0 Å². The maximum Gasteiger partial charge on any atom is 0.161 e. The predicted molar refractivity (Wildman–Crippen MR) is 81.4 cm³/mol. The van der Waals surface area contributed by atoms with Crippen molar-refractivity contribution in [3.63, 3.8) is 0 Å². The summed E-state index contributed by atoms with van der Waals surface area (Å²) in [5, 5.41) is 21.5. The number of hydrazone groups is 1. The lowest BCUT2D eigenvalue weighted by Crippen LogP contribution is -2.33. The molecule has 0 aromatic heterocycles. The average molecular weight is 304 g/mol. The second kappa shape index (κ2) is 6.38. The summed E-state index contributed by atoms with van der Waals surface area (Å²) >= 11 is 0. The maximum absolute atomic E-state index is 12.0. The van der Waals surface area contributed by atoms with Crippen molar-refractivity contribution in [1.29, 1.82) is 10.5 Å². The van der Waals surface area contributed by atoms with Crippen molar-refractivity contribution in [2.24, 2.45) is 5.10 Å². The van der Waals surface area contributed by atoms with Crippen LogP contribution in [0.3, 0.4) is 0 Å². The van der Waals surface area contributed by atoms with Gasteiger partial charge < -0.3 is 0 Å². The summed E-state index contributed by atoms with van der Waals surface area (Å²) in [6, 6.07) is 10.2. The lowest BCUT2D eigenvalue weighted by atomic mass is 10.2. The Hall–Kier alpha value is -2.38. The van der Waals surface area contributed by atoms with Crippen molar-refractivity contribution in [2.75, 3.05) is 11.2 Å². The molecule has 0 spiro atoms. The van der Waals surface area contributed by atoms with Gasteiger partial charge in [0.1, 0.15) is 11.8 Å². The lowest BCUT2D eigenvalue weighted by Gasteiger charge is -2.18. The highest BCUT2D eigenvalue weighted by molar-refractivity contribution is 7.93. The summed E-state index contributed by atoms with van der Waals surface area (Å²) < 4.78 is 23.1. The van der Waals surface area contributed by atoms with Gasteiger partial charge in [-0.25, -0.2) is 8.42 Å². The number of hydrogen-bond acceptors (Lipinski definition) is 6. The first kappa shape index (κ1) is 16.7. The molecule has 0 amide bonds. The van der Waals surface area contributed by atoms with E-state index in [1.165, 1.54) is 0 Å². The van der Waals surface area contributed by atoms with E-state index >= 15 is 0 Å². The predicted octanol–water partition coefficient (Wildman–Crippen LogP) is 2.06. The number of anilines is 1. The highest BCUT2D eigenvalue weighted by atomic mass is 32.2. The third kappa shape index (κ3) is 4.59. The summed E-state index contributed by atoms with van der Waals surface area (Å²) in [5.41, 5.74) is 3.56. The second-order valence-electron chi connectivity index (χ2n) is 5.34. The van der Waals surface area contributed by atoms with Gasteiger partial charge in [-0.15, -0.1) is 0 Å². The zero-order chi connectivity index (χ0) is 16.1. The molecule has 1 aromatic rings. The molecule has 0 atom stereocenters. The summed E-state index contributed by atoms with van der Waals surface area (Å²) in [7, 11) is -3.46. The van der Waals surface area contributed by atoms with Crippen molar-refractivity contribution in [3.8, 4) is 12.1 Å². The lowest BCUT2D eigenvalue weighted by molar-refractivity contribution is 0.564. The molecule has 7 heteroatoms. The average Bonchev–Trinajstić information content (AvgIpc) is 2.42. The van der Waals surface area contributed by atoms with E-state index in [0.29, 0.717) is 11.3 Å². The van der Waals surface area contributed by atoms with Crippen LogP contribution in [0.1, 0.15) is 26.3 Å². The first-order valence-electron chi connectivity index (χ1n) is 6.15.